The van der Waals surface area contributed by atoms with Crippen LogP contribution in [0.3, 0.4) is 0 Å². The molecule has 5 aromatic rings. The maximum atomic E-state index is 11.0. The molecular weight excluding hydrogens is 474 g/mol. The predicted octanol–water partition coefficient (Wildman–Crippen LogP) is 5.60. The van der Waals surface area contributed by atoms with E-state index in [2.05, 4.69) is 15.2 Å². The molecule has 0 aliphatic carbocycles. The first kappa shape index (κ1) is 21.5. The average Bonchev–Trinajstić information content (AvgIpc) is 3.53. The number of carbonyl (C=O) groups is 1. The Hall–Kier alpha value is -3.34. The Labute approximate surface area is 201 Å². The molecule has 0 saturated heterocycles. The summed E-state index contributed by atoms with van der Waals surface area (Å²) in [4.78, 5) is 21.2. The van der Waals surface area contributed by atoms with Crippen molar-refractivity contribution in [3.05, 3.63) is 77.4 Å². The summed E-state index contributed by atoms with van der Waals surface area (Å²) in [6.45, 7) is 1.98. The number of thiazole rings is 2. The highest BCUT2D eigenvalue weighted by Crippen LogP contribution is 2.38. The van der Waals surface area contributed by atoms with Gasteiger partial charge in [0.15, 0.2) is 10.2 Å². The van der Waals surface area contributed by atoms with E-state index in [1.807, 2.05) is 72.2 Å². The monoisotopic (exact) mass is 491 g/mol. The molecule has 2 aromatic carbocycles. The summed E-state index contributed by atoms with van der Waals surface area (Å²) in [5.41, 5.74) is 3.41. The number of carboxylic acid groups (broad SMARTS) is 1. The zero-order valence-corrected chi connectivity index (χ0v) is 19.8. The van der Waals surface area contributed by atoms with E-state index >= 15 is 0 Å². The molecule has 33 heavy (non-hydrogen) atoms. The van der Waals surface area contributed by atoms with Crippen molar-refractivity contribution in [3.63, 3.8) is 0 Å². The Morgan fingerprint density at radius 1 is 1.03 bits per heavy atom. The number of aromatic nitrogens is 5. The molecule has 7 nitrogen and oxygen atoms in total. The Bertz CT molecular complexity index is 1410. The largest absolute Gasteiger partial charge is 0.481 e. The number of hydrogen-bond acceptors (Lipinski definition) is 8. The summed E-state index contributed by atoms with van der Waals surface area (Å²) >= 11 is 4.35. The van der Waals surface area contributed by atoms with Crippen LogP contribution >= 0.6 is 34.4 Å². The maximum Gasteiger partial charge on any atom is 0.309 e. The number of rotatable bonds is 7. The molecule has 0 aliphatic heterocycles. The quantitative estimate of drug-likeness (QED) is 0.317. The molecule has 0 unspecified atom stereocenters. The van der Waals surface area contributed by atoms with E-state index < -0.39 is 5.97 Å². The van der Waals surface area contributed by atoms with E-state index in [0.29, 0.717) is 21.0 Å². The van der Waals surface area contributed by atoms with E-state index in [4.69, 9.17) is 10.1 Å². The predicted molar refractivity (Wildman–Crippen MR) is 130 cm³/mol. The molecule has 0 aliphatic rings. The lowest BCUT2D eigenvalue weighted by Crippen LogP contribution is -2.00. The highest BCUT2D eigenvalue weighted by molar-refractivity contribution is 8.00. The zero-order chi connectivity index (χ0) is 22.8. The van der Waals surface area contributed by atoms with E-state index in [1.54, 1.807) is 16.7 Å². The summed E-state index contributed by atoms with van der Waals surface area (Å²) < 4.78 is 2.71. The van der Waals surface area contributed by atoms with Gasteiger partial charge in [-0.25, -0.2) is 9.97 Å². The van der Waals surface area contributed by atoms with Gasteiger partial charge in [0.05, 0.1) is 22.7 Å². The van der Waals surface area contributed by atoms with Crippen molar-refractivity contribution in [3.8, 4) is 27.0 Å². The lowest BCUT2D eigenvalue weighted by atomic mass is 10.2. The first-order chi connectivity index (χ1) is 16.1. The van der Waals surface area contributed by atoms with Crippen LogP contribution in [0.15, 0.2) is 75.5 Å². The molecular formula is C23H17N5O2S3. The maximum absolute atomic E-state index is 11.0. The molecule has 0 atom stereocenters. The van der Waals surface area contributed by atoms with Crippen LogP contribution in [0.25, 0.3) is 27.0 Å². The van der Waals surface area contributed by atoms with Crippen LogP contribution < -0.4 is 0 Å². The van der Waals surface area contributed by atoms with Crippen LogP contribution in [0.5, 0.6) is 0 Å². The Kier molecular flexibility index (Phi) is 6.03. The van der Waals surface area contributed by atoms with Gasteiger partial charge in [0.2, 0.25) is 5.16 Å². The molecule has 5 rings (SSSR count). The van der Waals surface area contributed by atoms with Gasteiger partial charge in [-0.05, 0) is 30.8 Å². The lowest BCUT2D eigenvalue weighted by Gasteiger charge is -2.08. The van der Waals surface area contributed by atoms with Gasteiger partial charge in [-0.15, -0.1) is 32.9 Å². The molecule has 1 N–H and O–H groups in total. The summed E-state index contributed by atoms with van der Waals surface area (Å²) in [6.07, 6.45) is -0.101. The third-order valence-electron chi connectivity index (χ3n) is 4.71. The Morgan fingerprint density at radius 2 is 1.76 bits per heavy atom. The highest BCUT2D eigenvalue weighted by Gasteiger charge is 2.22. The van der Waals surface area contributed by atoms with Crippen molar-refractivity contribution in [2.75, 3.05) is 0 Å². The van der Waals surface area contributed by atoms with Crippen molar-refractivity contribution >= 4 is 40.4 Å². The number of aliphatic carboxylic acids is 1. The third-order valence-corrected chi connectivity index (χ3v) is 7.85. The van der Waals surface area contributed by atoms with Crippen LogP contribution in [0.4, 0.5) is 0 Å². The number of benzene rings is 2. The van der Waals surface area contributed by atoms with Crippen LogP contribution in [0.2, 0.25) is 0 Å². The fraction of sp³-hybridized carbons (Fsp3) is 0.0870. The number of nitrogens with zero attached hydrogens (tertiary/aromatic N) is 5. The molecule has 0 fully saturated rings. The molecule has 0 saturated carbocycles. The van der Waals surface area contributed by atoms with Gasteiger partial charge in [-0.1, -0.05) is 48.5 Å². The van der Waals surface area contributed by atoms with E-state index in [1.165, 1.54) is 23.1 Å². The molecule has 10 heteroatoms. The molecule has 0 radical (unpaired) electrons. The minimum Gasteiger partial charge on any atom is -0.481 e. The fourth-order valence-electron chi connectivity index (χ4n) is 3.25. The summed E-state index contributed by atoms with van der Waals surface area (Å²) in [5.74, 6) is -0.190. The summed E-state index contributed by atoms with van der Waals surface area (Å²) in [6, 6.07) is 20.0. The summed E-state index contributed by atoms with van der Waals surface area (Å²) in [7, 11) is 0. The first-order valence-corrected chi connectivity index (χ1v) is 12.5. The van der Waals surface area contributed by atoms with Gasteiger partial charge in [-0.3, -0.25) is 9.36 Å². The van der Waals surface area contributed by atoms with Gasteiger partial charge < -0.3 is 5.11 Å². The van der Waals surface area contributed by atoms with Crippen molar-refractivity contribution in [2.45, 2.75) is 22.8 Å². The SMILES string of the molecule is Cc1nc(-c2ccccc2)sc1-c1nnc(Sc2nc(CC(=O)O)cs2)n1-c1ccccc1. The van der Waals surface area contributed by atoms with Crippen molar-refractivity contribution < 1.29 is 9.90 Å². The minimum atomic E-state index is -0.901. The summed E-state index contributed by atoms with van der Waals surface area (Å²) in [5, 5.41) is 21.4. The second-order valence-electron chi connectivity index (χ2n) is 7.05. The fourth-order valence-corrected chi connectivity index (χ4v) is 6.08. The van der Waals surface area contributed by atoms with Crippen molar-refractivity contribution in [2.24, 2.45) is 0 Å². The molecule has 164 valence electrons. The van der Waals surface area contributed by atoms with Gasteiger partial charge in [-0.2, -0.15) is 0 Å². The Balaban J connectivity index is 1.57. The van der Waals surface area contributed by atoms with Gasteiger partial charge >= 0.3 is 5.97 Å². The lowest BCUT2D eigenvalue weighted by molar-refractivity contribution is -0.136. The second-order valence-corrected chi connectivity index (χ2v) is 10.1. The number of aryl methyl sites for hydroxylation is 1. The van der Waals surface area contributed by atoms with Gasteiger partial charge in [0.25, 0.3) is 0 Å². The molecule has 0 bridgehead atoms. The molecule has 0 spiro atoms. The van der Waals surface area contributed by atoms with E-state index in [0.717, 1.165) is 26.8 Å². The smallest absolute Gasteiger partial charge is 0.309 e. The van der Waals surface area contributed by atoms with E-state index in [-0.39, 0.29) is 6.42 Å². The van der Waals surface area contributed by atoms with E-state index in [9.17, 15) is 4.79 Å². The highest BCUT2D eigenvalue weighted by atomic mass is 32.2. The topological polar surface area (TPSA) is 93.8 Å². The standard InChI is InChI=1S/C23H17N5O2S3/c1-14-19(32-21(24-14)15-8-4-2-5-9-15)20-26-27-22(28(20)17-10-6-3-7-11-17)33-23-25-16(13-31-23)12-18(29)30/h2-11,13H,12H2,1H3,(H,29,30). The second kappa shape index (κ2) is 9.26. The van der Waals surface area contributed by atoms with Gasteiger partial charge in [0.1, 0.15) is 5.01 Å². The molecule has 3 heterocycles. The van der Waals surface area contributed by atoms with Gasteiger partial charge in [0, 0.05) is 16.6 Å². The van der Waals surface area contributed by atoms with Crippen LogP contribution in [0.1, 0.15) is 11.4 Å². The first-order valence-electron chi connectivity index (χ1n) is 9.96. The third kappa shape index (κ3) is 4.58. The zero-order valence-electron chi connectivity index (χ0n) is 17.4. The normalized spacial score (nSPS) is 11.1. The Morgan fingerprint density at radius 3 is 2.48 bits per heavy atom. The van der Waals surface area contributed by atoms with Crippen LogP contribution in [-0.4, -0.2) is 35.8 Å². The number of hydrogen-bond donors (Lipinski definition) is 1. The molecule has 0 amide bonds. The van der Waals surface area contributed by atoms with Crippen LogP contribution in [-0.2, 0) is 11.2 Å². The number of carboxylic acids is 1. The van der Waals surface area contributed by atoms with Crippen molar-refractivity contribution in [1.29, 1.82) is 0 Å². The number of para-hydroxylation sites is 1. The van der Waals surface area contributed by atoms with Crippen molar-refractivity contribution in [1.82, 2.24) is 24.7 Å². The average molecular weight is 492 g/mol. The molecule has 3 aromatic heterocycles. The minimum absolute atomic E-state index is 0.101. The van der Waals surface area contributed by atoms with Crippen LogP contribution in [0, 0.1) is 6.92 Å².